The van der Waals surface area contributed by atoms with Crippen molar-refractivity contribution in [1.82, 2.24) is 0 Å². The number of rotatable bonds is 15. The SMILES string of the molecule is CCCCc1cc(CCCC)c(N2c3ccc(-c4ccccc4)cc3B3c4cc(-c5ccccc5)ccc4N(c4c(-c5ccccc5)cccc4-c4ccccc4)c4cc(C(C)(C)C)cc2c43)c(CCCC)c1. The molecule has 0 N–H and O–H groups in total. The van der Waals surface area contributed by atoms with Crippen LogP contribution in [-0.2, 0) is 24.7 Å². The molecule has 0 fully saturated rings. The number of hydrogen-bond acceptors (Lipinski definition) is 2. The standard InChI is InChI=1S/C70H69BN2/c1-7-10-26-49-43-56(27-11-8-2)68(57(44-49)28-12-9-3)72-63-41-39-54(50-29-17-13-18-30-50)45-61(63)71-62-46-55(51-31-19-14-20-32-51)40-42-64(62)73(66-48-58(70(4,5)6)47-65(72)67(66)71)69-59(52-33-21-15-22-34-52)37-25-38-60(69)53-35-23-16-24-36-53/h13-25,29-48H,7-12,26-28H2,1-6H3. The van der Waals surface area contributed by atoms with E-state index in [1.165, 1.54) is 130 Å². The van der Waals surface area contributed by atoms with Crippen molar-refractivity contribution in [3.63, 3.8) is 0 Å². The summed E-state index contributed by atoms with van der Waals surface area (Å²) in [7, 11) is 0. The van der Waals surface area contributed by atoms with Gasteiger partial charge in [-0.3, -0.25) is 0 Å². The summed E-state index contributed by atoms with van der Waals surface area (Å²) in [5.74, 6) is 0. The molecule has 0 radical (unpaired) electrons. The zero-order chi connectivity index (χ0) is 50.1. The molecular formula is C70H69BN2. The molecule has 2 aliphatic heterocycles. The Bertz CT molecular complexity index is 3300. The summed E-state index contributed by atoms with van der Waals surface area (Å²) in [6.07, 6.45) is 10.2. The van der Waals surface area contributed by atoms with E-state index in [0.29, 0.717) is 0 Å². The number of unbranched alkanes of at least 4 members (excludes halogenated alkanes) is 3. The predicted molar refractivity (Wildman–Crippen MR) is 317 cm³/mol. The van der Waals surface area contributed by atoms with Crippen LogP contribution in [0, 0.1) is 0 Å². The van der Waals surface area contributed by atoms with Gasteiger partial charge >= 0.3 is 0 Å². The first kappa shape index (κ1) is 47.9. The molecule has 0 spiro atoms. The van der Waals surface area contributed by atoms with Gasteiger partial charge in [0.1, 0.15) is 0 Å². The van der Waals surface area contributed by atoms with Crippen LogP contribution in [0.5, 0.6) is 0 Å². The molecule has 0 saturated carbocycles. The summed E-state index contributed by atoms with van der Waals surface area (Å²) < 4.78 is 0. The third kappa shape index (κ3) is 9.14. The second-order valence-electron chi connectivity index (χ2n) is 21.6. The highest BCUT2D eigenvalue weighted by Gasteiger charge is 2.46. The van der Waals surface area contributed by atoms with Crippen LogP contribution in [-0.4, -0.2) is 6.71 Å². The van der Waals surface area contributed by atoms with Gasteiger partial charge < -0.3 is 9.80 Å². The number of benzene rings is 9. The Morgan fingerprint density at radius 2 is 0.781 bits per heavy atom. The van der Waals surface area contributed by atoms with Crippen molar-refractivity contribution in [1.29, 1.82) is 0 Å². The minimum absolute atomic E-state index is 0.0603. The van der Waals surface area contributed by atoms with Crippen LogP contribution in [0.2, 0.25) is 0 Å². The molecule has 362 valence electrons. The lowest BCUT2D eigenvalue weighted by atomic mass is 9.33. The zero-order valence-corrected chi connectivity index (χ0v) is 43.9. The van der Waals surface area contributed by atoms with E-state index in [0.717, 1.165) is 44.9 Å². The molecule has 2 aliphatic rings. The third-order valence-corrected chi connectivity index (χ3v) is 15.5. The number of aryl methyl sites for hydroxylation is 3. The van der Waals surface area contributed by atoms with Crippen molar-refractivity contribution in [3.8, 4) is 44.5 Å². The Kier molecular flexibility index (Phi) is 13.6. The lowest BCUT2D eigenvalue weighted by molar-refractivity contribution is 0.590. The van der Waals surface area contributed by atoms with Crippen LogP contribution >= 0.6 is 0 Å². The topological polar surface area (TPSA) is 6.48 Å². The van der Waals surface area contributed by atoms with Gasteiger partial charge in [0.05, 0.1) is 11.4 Å². The smallest absolute Gasteiger partial charge is 0.252 e. The van der Waals surface area contributed by atoms with Crippen LogP contribution in [0.1, 0.15) is 102 Å². The molecule has 2 heterocycles. The molecule has 0 aromatic heterocycles. The predicted octanol–water partition coefficient (Wildman–Crippen LogP) is 17.8. The molecule has 0 amide bonds. The maximum absolute atomic E-state index is 2.78. The first-order chi connectivity index (χ1) is 35.7. The molecule has 0 aliphatic carbocycles. The lowest BCUT2D eigenvalue weighted by Crippen LogP contribution is -2.61. The quantitative estimate of drug-likeness (QED) is 0.0945. The normalized spacial score (nSPS) is 12.7. The second-order valence-corrected chi connectivity index (χ2v) is 21.6. The van der Waals surface area contributed by atoms with Gasteiger partial charge in [0.2, 0.25) is 0 Å². The molecule has 9 aromatic rings. The average molecular weight is 949 g/mol. The monoisotopic (exact) mass is 949 g/mol. The van der Waals surface area contributed by atoms with Crippen molar-refractivity contribution >= 4 is 57.2 Å². The number of nitrogens with zero attached hydrogens (tertiary/aromatic N) is 2. The molecule has 2 nitrogen and oxygen atoms in total. The van der Waals surface area contributed by atoms with Crippen LogP contribution < -0.4 is 26.2 Å². The van der Waals surface area contributed by atoms with Gasteiger partial charge in [-0.15, -0.1) is 0 Å². The Morgan fingerprint density at radius 1 is 0.370 bits per heavy atom. The van der Waals surface area contributed by atoms with Crippen molar-refractivity contribution in [2.24, 2.45) is 0 Å². The Labute approximate surface area is 436 Å². The summed E-state index contributed by atoms with van der Waals surface area (Å²) in [6.45, 7) is 14.2. The Hall–Kier alpha value is -7.36. The van der Waals surface area contributed by atoms with Gasteiger partial charge in [0.15, 0.2) is 0 Å². The minimum Gasteiger partial charge on any atom is -0.311 e. The van der Waals surface area contributed by atoms with Crippen LogP contribution in [0.25, 0.3) is 44.5 Å². The van der Waals surface area contributed by atoms with Gasteiger partial charge in [-0.05, 0) is 140 Å². The van der Waals surface area contributed by atoms with E-state index in [1.807, 2.05) is 0 Å². The average Bonchev–Trinajstić information content (AvgIpc) is 3.43. The van der Waals surface area contributed by atoms with Crippen LogP contribution in [0.15, 0.2) is 200 Å². The minimum atomic E-state index is -0.158. The molecule has 3 heteroatoms. The first-order valence-electron chi connectivity index (χ1n) is 27.3. The number of fused-ring (bicyclic) bond motifs is 4. The zero-order valence-electron chi connectivity index (χ0n) is 43.9. The number of hydrogen-bond donors (Lipinski definition) is 0. The van der Waals surface area contributed by atoms with Gasteiger partial charge in [-0.1, -0.05) is 237 Å². The van der Waals surface area contributed by atoms with E-state index < -0.39 is 0 Å². The molecule has 0 saturated heterocycles. The molecule has 0 bridgehead atoms. The second kappa shape index (κ2) is 20.6. The molecule has 9 aromatic carbocycles. The lowest BCUT2D eigenvalue weighted by Gasteiger charge is -2.46. The summed E-state index contributed by atoms with van der Waals surface area (Å²) in [5, 5.41) is 0. The Morgan fingerprint density at radius 3 is 1.21 bits per heavy atom. The van der Waals surface area contributed by atoms with Gasteiger partial charge in [-0.25, -0.2) is 0 Å². The van der Waals surface area contributed by atoms with Crippen LogP contribution in [0.3, 0.4) is 0 Å². The highest BCUT2D eigenvalue weighted by molar-refractivity contribution is 7.00. The highest BCUT2D eigenvalue weighted by Crippen LogP contribution is 2.52. The third-order valence-electron chi connectivity index (χ3n) is 15.5. The van der Waals surface area contributed by atoms with E-state index in [1.54, 1.807) is 0 Å². The summed E-state index contributed by atoms with van der Waals surface area (Å²) >= 11 is 0. The maximum atomic E-state index is 2.78. The number of anilines is 6. The highest BCUT2D eigenvalue weighted by atomic mass is 15.2. The van der Waals surface area contributed by atoms with Crippen molar-refractivity contribution in [2.45, 2.75) is 105 Å². The maximum Gasteiger partial charge on any atom is 0.252 e. The van der Waals surface area contributed by atoms with E-state index in [-0.39, 0.29) is 12.1 Å². The molecule has 0 atom stereocenters. The van der Waals surface area contributed by atoms with Gasteiger partial charge in [-0.2, -0.15) is 0 Å². The fraction of sp³-hybridized carbons (Fsp3) is 0.229. The fourth-order valence-corrected chi connectivity index (χ4v) is 11.8. The summed E-state index contributed by atoms with van der Waals surface area (Å²) in [6, 6.07) is 76.3. The summed E-state index contributed by atoms with van der Waals surface area (Å²) in [5.41, 5.74) is 27.0. The van der Waals surface area contributed by atoms with Crippen molar-refractivity contribution in [3.05, 3.63) is 222 Å². The van der Waals surface area contributed by atoms with E-state index in [9.17, 15) is 0 Å². The van der Waals surface area contributed by atoms with Gasteiger partial charge in [0, 0.05) is 33.9 Å². The van der Waals surface area contributed by atoms with Crippen molar-refractivity contribution in [2.75, 3.05) is 9.80 Å². The fourth-order valence-electron chi connectivity index (χ4n) is 11.8. The molecule has 11 rings (SSSR count). The van der Waals surface area contributed by atoms with Crippen LogP contribution in [0.4, 0.5) is 34.1 Å². The van der Waals surface area contributed by atoms with E-state index >= 15 is 0 Å². The largest absolute Gasteiger partial charge is 0.311 e. The number of para-hydroxylation sites is 1. The van der Waals surface area contributed by atoms with E-state index in [4.69, 9.17) is 0 Å². The van der Waals surface area contributed by atoms with Crippen molar-refractivity contribution < 1.29 is 0 Å². The van der Waals surface area contributed by atoms with E-state index in [2.05, 4.69) is 252 Å². The van der Waals surface area contributed by atoms with Gasteiger partial charge in [0.25, 0.3) is 6.71 Å². The molecular weight excluding hydrogens is 880 g/mol. The molecule has 73 heavy (non-hydrogen) atoms. The first-order valence-corrected chi connectivity index (χ1v) is 27.3. The summed E-state index contributed by atoms with van der Waals surface area (Å²) in [4.78, 5) is 5.47. The Balaban J connectivity index is 1.31. The molecule has 0 unspecified atom stereocenters.